The predicted octanol–water partition coefficient (Wildman–Crippen LogP) is -3.13. The van der Waals surface area contributed by atoms with Gasteiger partial charge in [-0.1, -0.05) is 6.92 Å². The van der Waals surface area contributed by atoms with Crippen molar-refractivity contribution in [2.45, 2.75) is 27.2 Å². The molecule has 4 nitrogen and oxygen atoms in total. The van der Waals surface area contributed by atoms with Crippen molar-refractivity contribution in [2.75, 3.05) is 0 Å². The monoisotopic (exact) mass is 313 g/mol. The van der Waals surface area contributed by atoms with E-state index < -0.39 is 11.8 Å². The van der Waals surface area contributed by atoms with Gasteiger partial charge in [-0.2, -0.15) is 6.08 Å². The topological polar surface area (TPSA) is 81.7 Å². The summed E-state index contributed by atoms with van der Waals surface area (Å²) >= 11 is 0. The van der Waals surface area contributed by atoms with Crippen molar-refractivity contribution in [1.82, 2.24) is 0 Å². The van der Waals surface area contributed by atoms with Crippen LogP contribution in [0.3, 0.4) is 0 Å². The van der Waals surface area contributed by atoms with Gasteiger partial charge in [0.15, 0.2) is 0 Å². The number of amides is 2. The number of nitrogens with one attached hydrogen (secondary N) is 2. The fourth-order valence-electron chi connectivity index (χ4n) is 0.515. The number of carbonyl (C=O) groups is 2. The number of carbonyl (C=O) groups excluding carboxylic acids is 2. The van der Waals surface area contributed by atoms with Crippen LogP contribution in [0.2, 0.25) is 0 Å². The van der Waals surface area contributed by atoms with Crippen molar-refractivity contribution < 1.29 is 56.1 Å². The zero-order valence-corrected chi connectivity index (χ0v) is 13.0. The van der Waals surface area contributed by atoms with Gasteiger partial charge in [-0.25, -0.2) is 11.6 Å². The average Bonchev–Trinajstić information content (AvgIpc) is 2.36. The van der Waals surface area contributed by atoms with E-state index in [9.17, 15) is 0 Å². The van der Waals surface area contributed by atoms with Crippen LogP contribution in [0, 0.1) is 6.08 Å². The SMILES string of the molecule is CC([NH-])=O.CC([NH-])=O.CC1=[C-]CC=C1.[Cl-].[Cl-].[Ti+2]. The minimum Gasteiger partial charge on any atom is -1.00 e. The maximum atomic E-state index is 9.11. The van der Waals surface area contributed by atoms with E-state index in [0.717, 1.165) is 6.42 Å². The van der Waals surface area contributed by atoms with Gasteiger partial charge in [-0.3, -0.25) is 6.08 Å². The van der Waals surface area contributed by atoms with Gasteiger partial charge in [0.25, 0.3) is 0 Å². The number of halogens is 2. The third-order valence-corrected chi connectivity index (χ3v) is 0.867. The average molecular weight is 314 g/mol. The number of allylic oxidation sites excluding steroid dienone is 4. The first-order chi connectivity index (χ1) is 6.36. The van der Waals surface area contributed by atoms with Crippen LogP contribution in [-0.4, -0.2) is 11.8 Å². The molecule has 1 aliphatic rings. The summed E-state index contributed by atoms with van der Waals surface area (Å²) in [5.41, 5.74) is 13.2. The van der Waals surface area contributed by atoms with Crippen molar-refractivity contribution in [2.24, 2.45) is 0 Å². The van der Waals surface area contributed by atoms with Crippen molar-refractivity contribution in [3.63, 3.8) is 0 Å². The first-order valence-corrected chi connectivity index (χ1v) is 4.04. The van der Waals surface area contributed by atoms with E-state index in [0.29, 0.717) is 0 Å². The predicted molar refractivity (Wildman–Crippen MR) is 56.2 cm³/mol. The molecule has 0 heterocycles. The van der Waals surface area contributed by atoms with Gasteiger partial charge < -0.3 is 45.9 Å². The molecule has 0 saturated heterocycles. The Kier molecular flexibility index (Phi) is 37.2. The van der Waals surface area contributed by atoms with E-state index in [4.69, 9.17) is 21.1 Å². The van der Waals surface area contributed by atoms with Crippen molar-refractivity contribution in [3.8, 4) is 0 Å². The summed E-state index contributed by atoms with van der Waals surface area (Å²) in [5.74, 6) is -1.17. The summed E-state index contributed by atoms with van der Waals surface area (Å²) in [5, 5.41) is 0. The largest absolute Gasteiger partial charge is 2.00 e. The van der Waals surface area contributed by atoms with Gasteiger partial charge in [0, 0.05) is 11.8 Å². The minimum atomic E-state index is -0.583. The summed E-state index contributed by atoms with van der Waals surface area (Å²) < 4.78 is 0. The van der Waals surface area contributed by atoms with Crippen LogP contribution in [0.1, 0.15) is 27.2 Å². The number of hydrogen-bond donors (Lipinski definition) is 0. The fraction of sp³-hybridized carbons (Fsp3) is 0.400. The molecule has 1 rings (SSSR count). The minimum absolute atomic E-state index is 0. The van der Waals surface area contributed by atoms with Crippen LogP contribution in [0.4, 0.5) is 0 Å². The van der Waals surface area contributed by atoms with Gasteiger partial charge in [0.05, 0.1) is 0 Å². The molecule has 0 saturated carbocycles. The van der Waals surface area contributed by atoms with Crippen LogP contribution in [-0.2, 0) is 31.3 Å². The van der Waals surface area contributed by atoms with Gasteiger partial charge in [-0.15, -0.1) is 6.42 Å². The van der Waals surface area contributed by atoms with Gasteiger partial charge >= 0.3 is 21.7 Å². The number of hydrogen-bond acceptors (Lipinski definition) is 2. The summed E-state index contributed by atoms with van der Waals surface area (Å²) in [6, 6.07) is 0. The molecule has 1 aliphatic carbocycles. The van der Waals surface area contributed by atoms with E-state index in [1.807, 2.05) is 0 Å². The third-order valence-electron chi connectivity index (χ3n) is 0.867. The first kappa shape index (κ1) is 30.1. The molecule has 17 heavy (non-hydrogen) atoms. The van der Waals surface area contributed by atoms with Gasteiger partial charge in [0.2, 0.25) is 0 Å². The van der Waals surface area contributed by atoms with Gasteiger partial charge in [-0.05, 0) is 13.8 Å². The molecule has 0 fully saturated rings. The summed E-state index contributed by atoms with van der Waals surface area (Å²) in [6.45, 7) is 4.45. The Morgan fingerprint density at radius 1 is 1.18 bits per heavy atom. The standard InChI is InChI=1S/C6H7.2C2H5NO.2ClH.Ti/c1-6-4-2-3-5-6;2*1-2(3)4;;;/h2,4H,3H2,1H3;2*1H3,(H2,3,4);2*1H;/q-1;;;;;+2/p-4. The van der Waals surface area contributed by atoms with Crippen LogP contribution >= 0.6 is 0 Å². The molecule has 0 atom stereocenters. The number of rotatable bonds is 0. The summed E-state index contributed by atoms with van der Waals surface area (Å²) in [6.07, 6.45) is 8.33. The molecule has 0 aromatic heterocycles. The van der Waals surface area contributed by atoms with E-state index in [1.165, 1.54) is 19.4 Å². The molecule has 0 spiro atoms. The van der Waals surface area contributed by atoms with Crippen LogP contribution in [0.5, 0.6) is 0 Å². The Hall–Kier alpha value is -0.286. The Bertz CT molecular complexity index is 234. The molecular weight excluding hydrogens is 299 g/mol. The maximum Gasteiger partial charge on any atom is 2.00 e. The second kappa shape index (κ2) is 21.0. The van der Waals surface area contributed by atoms with E-state index in [1.54, 1.807) is 0 Å². The maximum absolute atomic E-state index is 9.11. The normalized spacial score (nSPS) is 9.47. The Morgan fingerprint density at radius 2 is 1.47 bits per heavy atom. The molecule has 0 radical (unpaired) electrons. The molecule has 0 aliphatic heterocycles. The molecule has 2 N–H and O–H groups in total. The smallest absolute Gasteiger partial charge is 1.00 e. The molecule has 0 bridgehead atoms. The first-order valence-electron chi connectivity index (χ1n) is 4.04. The fourth-order valence-corrected chi connectivity index (χ4v) is 0.515. The Labute approximate surface area is 130 Å². The molecule has 2 amide bonds. The zero-order chi connectivity index (χ0) is 11.6. The van der Waals surface area contributed by atoms with Crippen LogP contribution in [0.15, 0.2) is 17.7 Å². The third kappa shape index (κ3) is 65.6. The van der Waals surface area contributed by atoms with Gasteiger partial charge in [0.1, 0.15) is 0 Å². The van der Waals surface area contributed by atoms with Crippen molar-refractivity contribution in [3.05, 3.63) is 35.3 Å². The molecule has 0 aromatic rings. The van der Waals surface area contributed by atoms with E-state index in [-0.39, 0.29) is 46.5 Å². The summed E-state index contributed by atoms with van der Waals surface area (Å²) in [7, 11) is 0. The molecule has 0 aromatic carbocycles. The summed E-state index contributed by atoms with van der Waals surface area (Å²) in [4.78, 5) is 18.2. The molecule has 7 heteroatoms. The van der Waals surface area contributed by atoms with Crippen molar-refractivity contribution >= 4 is 11.8 Å². The van der Waals surface area contributed by atoms with Crippen LogP contribution in [0.25, 0.3) is 11.5 Å². The second-order valence-electron chi connectivity index (χ2n) is 2.58. The Balaban J connectivity index is -0.0000000403. The quantitative estimate of drug-likeness (QED) is 0.350. The molecule has 98 valence electrons. The second-order valence-corrected chi connectivity index (χ2v) is 2.58. The van der Waals surface area contributed by atoms with E-state index in [2.05, 4.69) is 25.2 Å². The molecular formula is C10H15Cl2N2O2Ti-3. The van der Waals surface area contributed by atoms with Crippen molar-refractivity contribution in [1.29, 1.82) is 0 Å². The Morgan fingerprint density at radius 3 is 1.53 bits per heavy atom. The van der Waals surface area contributed by atoms with Crippen LogP contribution < -0.4 is 24.8 Å². The van der Waals surface area contributed by atoms with E-state index >= 15 is 0 Å². The molecule has 0 unspecified atom stereocenters. The zero-order valence-electron chi connectivity index (χ0n) is 9.93.